The first kappa shape index (κ1) is 100. The Morgan fingerprint density at radius 1 is 0.284 bits per heavy atom. The Bertz CT molecular complexity index is 1960. The summed E-state index contributed by atoms with van der Waals surface area (Å²) in [5.41, 5.74) is 0. The van der Waals surface area contributed by atoms with E-state index in [0.29, 0.717) is 25.7 Å². The molecular formula is C83H162O17P2. The lowest BCUT2D eigenvalue weighted by Crippen LogP contribution is -2.30. The maximum atomic E-state index is 13.1. The molecule has 0 aromatic heterocycles. The third-order valence-electron chi connectivity index (χ3n) is 19.8. The summed E-state index contributed by atoms with van der Waals surface area (Å²) in [4.78, 5) is 72.7. The van der Waals surface area contributed by atoms with Gasteiger partial charge in [-0.3, -0.25) is 37.3 Å². The minimum absolute atomic E-state index is 0.105. The second-order valence-electron chi connectivity index (χ2n) is 30.6. The van der Waals surface area contributed by atoms with Crippen molar-refractivity contribution in [3.8, 4) is 0 Å². The SMILES string of the molecule is CCCCCCCCCCCCCCCCCCCCCCCCC(=O)OC[C@H](COP(=O)(O)OC[C@@H](O)COP(=O)(O)OC[C@@H](COC(=O)CCCCCCC)OC(=O)CCCCCCCCCCCCC(C)C)OC(=O)CCCCCCCCCCCCCCCCCCCCC(C)CC. The minimum Gasteiger partial charge on any atom is -0.462 e. The zero-order valence-electron chi connectivity index (χ0n) is 66.9. The van der Waals surface area contributed by atoms with E-state index in [0.717, 1.165) is 108 Å². The summed E-state index contributed by atoms with van der Waals surface area (Å²) in [7, 11) is -9.91. The van der Waals surface area contributed by atoms with Crippen molar-refractivity contribution < 1.29 is 80.2 Å². The van der Waals surface area contributed by atoms with Gasteiger partial charge in [-0.15, -0.1) is 0 Å². The molecule has 0 aromatic rings. The van der Waals surface area contributed by atoms with Crippen molar-refractivity contribution in [2.75, 3.05) is 39.6 Å². The van der Waals surface area contributed by atoms with Crippen molar-refractivity contribution in [2.24, 2.45) is 11.8 Å². The first-order chi connectivity index (χ1) is 49.4. The molecule has 0 spiro atoms. The molecule has 0 amide bonds. The predicted molar refractivity (Wildman–Crippen MR) is 418 cm³/mol. The molecule has 0 aromatic carbocycles. The molecule has 0 heterocycles. The molecule has 0 aliphatic carbocycles. The maximum Gasteiger partial charge on any atom is 0.472 e. The fraction of sp³-hybridized carbons (Fsp3) is 0.952. The highest BCUT2D eigenvalue weighted by molar-refractivity contribution is 7.47. The molecule has 0 rings (SSSR count). The van der Waals surface area contributed by atoms with Crippen molar-refractivity contribution >= 4 is 39.5 Å². The summed E-state index contributed by atoms with van der Waals surface area (Å²) in [6.07, 6.45) is 65.9. The fourth-order valence-corrected chi connectivity index (χ4v) is 14.4. The largest absolute Gasteiger partial charge is 0.472 e. The van der Waals surface area contributed by atoms with Gasteiger partial charge < -0.3 is 33.8 Å². The van der Waals surface area contributed by atoms with Crippen LogP contribution in [0.5, 0.6) is 0 Å². The lowest BCUT2D eigenvalue weighted by molar-refractivity contribution is -0.161. The average molecular weight is 1490 g/mol. The molecule has 3 unspecified atom stereocenters. The highest BCUT2D eigenvalue weighted by Gasteiger charge is 2.30. The smallest absolute Gasteiger partial charge is 0.462 e. The average Bonchev–Trinajstić information content (AvgIpc) is 0.921. The van der Waals surface area contributed by atoms with Crippen molar-refractivity contribution in [1.29, 1.82) is 0 Å². The summed E-state index contributed by atoms with van der Waals surface area (Å²) >= 11 is 0. The molecular weight excluding hydrogens is 1330 g/mol. The Hall–Kier alpha value is -1.94. The van der Waals surface area contributed by atoms with Crippen LogP contribution < -0.4 is 0 Å². The molecule has 0 radical (unpaired) electrons. The Morgan fingerprint density at radius 2 is 0.500 bits per heavy atom. The summed E-state index contributed by atoms with van der Waals surface area (Å²) in [5.74, 6) is -0.497. The zero-order valence-corrected chi connectivity index (χ0v) is 68.7. The van der Waals surface area contributed by atoms with E-state index in [2.05, 4.69) is 41.5 Å². The Kier molecular flexibility index (Phi) is 73.1. The molecule has 3 N–H and O–H groups in total. The molecule has 0 aliphatic heterocycles. The maximum absolute atomic E-state index is 13.1. The molecule has 606 valence electrons. The normalized spacial score (nSPS) is 14.1. The number of aliphatic hydroxyl groups is 1. The third kappa shape index (κ3) is 74.9. The van der Waals surface area contributed by atoms with Gasteiger partial charge in [-0.1, -0.05) is 388 Å². The van der Waals surface area contributed by atoms with Crippen LogP contribution in [0.1, 0.15) is 440 Å². The van der Waals surface area contributed by atoms with Crippen LogP contribution >= 0.6 is 15.6 Å². The summed E-state index contributed by atoms with van der Waals surface area (Å²) in [5, 5.41) is 10.6. The van der Waals surface area contributed by atoms with Crippen molar-refractivity contribution in [3.63, 3.8) is 0 Å². The summed E-state index contributed by atoms with van der Waals surface area (Å²) < 4.78 is 68.5. The van der Waals surface area contributed by atoms with E-state index in [9.17, 15) is 43.2 Å². The standard InChI is InChI=1S/C83H162O17P2/c1-7-10-12-14-15-16-17-18-19-20-21-22-23-24-28-31-34-37-43-48-54-60-66-81(86)94-72-79(100-83(88)67-61-55-49-44-38-35-32-29-26-25-27-30-33-36-42-47-53-58-64-76(6)9-3)74-98-102(91,92)96-70-77(84)69-95-101(89,90)97-73-78(71-93-80(85)65-59-51-13-11-8-2)99-82(87)68-62-56-50-45-40-39-41-46-52-57-63-75(4)5/h75-79,84H,7-74H2,1-6H3,(H,89,90)(H,91,92)/t76?,77-,78+,79+/m0/s1. The molecule has 0 saturated carbocycles. The van der Waals surface area contributed by atoms with Crippen LogP contribution in [0.3, 0.4) is 0 Å². The number of ether oxygens (including phenoxy) is 4. The number of phosphoric acid groups is 2. The van der Waals surface area contributed by atoms with Crippen molar-refractivity contribution in [1.82, 2.24) is 0 Å². The zero-order chi connectivity index (χ0) is 74.9. The van der Waals surface area contributed by atoms with E-state index < -0.39 is 97.5 Å². The molecule has 17 nitrogen and oxygen atoms in total. The number of phosphoric ester groups is 2. The predicted octanol–water partition coefficient (Wildman–Crippen LogP) is 25.1. The molecule has 6 atom stereocenters. The molecule has 0 bridgehead atoms. The first-order valence-corrected chi connectivity index (χ1v) is 46.0. The second kappa shape index (κ2) is 74.5. The first-order valence-electron chi connectivity index (χ1n) is 43.0. The monoisotopic (exact) mass is 1490 g/mol. The number of rotatable bonds is 82. The van der Waals surface area contributed by atoms with Gasteiger partial charge in [0, 0.05) is 25.7 Å². The van der Waals surface area contributed by atoms with E-state index in [1.54, 1.807) is 0 Å². The summed E-state index contributed by atoms with van der Waals surface area (Å²) in [6, 6.07) is 0. The number of carbonyl (C=O) groups excluding carboxylic acids is 4. The van der Waals surface area contributed by atoms with Crippen LogP contribution in [-0.4, -0.2) is 96.7 Å². The number of unbranched alkanes of at least 4 members (excludes halogenated alkanes) is 51. The number of aliphatic hydroxyl groups excluding tert-OH is 1. The summed E-state index contributed by atoms with van der Waals surface area (Å²) in [6.45, 7) is 9.60. The molecule has 0 saturated heterocycles. The molecule has 0 aliphatic rings. The Balaban J connectivity index is 5.09. The van der Waals surface area contributed by atoms with Gasteiger partial charge in [-0.05, 0) is 37.5 Å². The minimum atomic E-state index is -4.96. The van der Waals surface area contributed by atoms with E-state index in [1.165, 1.54) is 250 Å². The third-order valence-corrected chi connectivity index (χ3v) is 21.7. The topological polar surface area (TPSA) is 237 Å². The van der Waals surface area contributed by atoms with Gasteiger partial charge in [0.2, 0.25) is 0 Å². The van der Waals surface area contributed by atoms with Crippen LogP contribution in [0, 0.1) is 11.8 Å². The highest BCUT2D eigenvalue weighted by Crippen LogP contribution is 2.45. The molecule has 102 heavy (non-hydrogen) atoms. The van der Waals surface area contributed by atoms with Crippen LogP contribution in [-0.2, 0) is 65.4 Å². The Labute approximate surface area is 626 Å². The van der Waals surface area contributed by atoms with Gasteiger partial charge in [0.25, 0.3) is 0 Å². The van der Waals surface area contributed by atoms with Crippen molar-refractivity contribution in [2.45, 2.75) is 458 Å². The van der Waals surface area contributed by atoms with Gasteiger partial charge in [0.05, 0.1) is 26.4 Å². The van der Waals surface area contributed by atoms with Crippen LogP contribution in [0.15, 0.2) is 0 Å². The number of hydrogen-bond donors (Lipinski definition) is 3. The van der Waals surface area contributed by atoms with Gasteiger partial charge in [-0.25, -0.2) is 9.13 Å². The van der Waals surface area contributed by atoms with Gasteiger partial charge in [-0.2, -0.15) is 0 Å². The van der Waals surface area contributed by atoms with E-state index in [1.807, 2.05) is 0 Å². The fourth-order valence-electron chi connectivity index (χ4n) is 12.9. The number of esters is 4. The molecule has 0 fully saturated rings. The highest BCUT2D eigenvalue weighted by atomic mass is 31.2. The second-order valence-corrected chi connectivity index (χ2v) is 33.5. The van der Waals surface area contributed by atoms with Gasteiger partial charge in [0.1, 0.15) is 19.3 Å². The lowest BCUT2D eigenvalue weighted by atomic mass is 9.99. The van der Waals surface area contributed by atoms with Crippen LogP contribution in [0.2, 0.25) is 0 Å². The quantitative estimate of drug-likeness (QED) is 0.0222. The van der Waals surface area contributed by atoms with Crippen LogP contribution in [0.25, 0.3) is 0 Å². The Morgan fingerprint density at radius 3 is 0.745 bits per heavy atom. The van der Waals surface area contributed by atoms with E-state index in [-0.39, 0.29) is 25.7 Å². The van der Waals surface area contributed by atoms with E-state index >= 15 is 0 Å². The van der Waals surface area contributed by atoms with E-state index in [4.69, 9.17) is 37.0 Å². The molecule has 19 heteroatoms. The van der Waals surface area contributed by atoms with Gasteiger partial charge >= 0.3 is 39.5 Å². The van der Waals surface area contributed by atoms with Crippen LogP contribution in [0.4, 0.5) is 0 Å². The number of hydrogen-bond acceptors (Lipinski definition) is 15. The number of carbonyl (C=O) groups is 4. The van der Waals surface area contributed by atoms with Crippen molar-refractivity contribution in [3.05, 3.63) is 0 Å². The van der Waals surface area contributed by atoms with Gasteiger partial charge in [0.15, 0.2) is 12.2 Å². The lowest BCUT2D eigenvalue weighted by Gasteiger charge is -2.21.